The number of ether oxygens (including phenoxy) is 1. The number of benzene rings is 2. The lowest BCUT2D eigenvalue weighted by Gasteiger charge is -2.11. The molecule has 10 nitrogen and oxygen atoms in total. The second-order valence-corrected chi connectivity index (χ2v) is 9.31. The van der Waals surface area contributed by atoms with E-state index in [1.807, 2.05) is 54.7 Å². The molecule has 2 heterocycles. The van der Waals surface area contributed by atoms with Gasteiger partial charge in [0.15, 0.2) is 0 Å². The van der Waals surface area contributed by atoms with Crippen molar-refractivity contribution in [1.82, 2.24) is 15.3 Å². The summed E-state index contributed by atoms with van der Waals surface area (Å²) in [5.74, 6) is 0.901. The molecule has 2 aromatic carbocycles. The maximum Gasteiger partial charge on any atom is 0.267 e. The summed E-state index contributed by atoms with van der Waals surface area (Å²) in [5.41, 5.74) is 8.58. The summed E-state index contributed by atoms with van der Waals surface area (Å²) in [6.07, 6.45) is 2.66. The lowest BCUT2D eigenvalue weighted by Crippen LogP contribution is -2.31. The van der Waals surface area contributed by atoms with Gasteiger partial charge in [-0.05, 0) is 29.8 Å². The topological polar surface area (TPSA) is 196 Å². The number of hydrogen-bond donors (Lipinski definition) is 5. The van der Waals surface area contributed by atoms with Gasteiger partial charge in [0.05, 0.1) is 23.1 Å². The number of rotatable bonds is 10. The van der Waals surface area contributed by atoms with Crippen LogP contribution in [0.25, 0.3) is 10.9 Å². The number of carbonyl (C=O) groups excluding carboxylic acids is 2. The Balaban J connectivity index is 0.00000126. The van der Waals surface area contributed by atoms with Crippen LogP contribution in [0.3, 0.4) is 0 Å². The number of thioether (sulfide) groups is 1. The Morgan fingerprint density at radius 3 is 2.44 bits per heavy atom. The van der Waals surface area contributed by atoms with Crippen LogP contribution in [0.4, 0.5) is 5.69 Å². The molecule has 212 valence electrons. The van der Waals surface area contributed by atoms with E-state index in [1.54, 1.807) is 18.2 Å². The van der Waals surface area contributed by atoms with Gasteiger partial charge in [0.2, 0.25) is 0 Å². The van der Waals surface area contributed by atoms with Crippen LogP contribution in [0.5, 0.6) is 5.75 Å². The fraction of sp³-hybridized carbons (Fsp3) is 0.222. The zero-order chi connectivity index (χ0) is 25.8. The number of hydrogen-bond acceptors (Lipinski definition) is 7. The Labute approximate surface area is 236 Å². The molecule has 0 bridgehead atoms. The van der Waals surface area contributed by atoms with Gasteiger partial charge in [-0.15, -0.1) is 11.8 Å². The Morgan fingerprint density at radius 1 is 1.13 bits per heavy atom. The minimum Gasteiger partial charge on any atom is -0.491 e. The van der Waals surface area contributed by atoms with E-state index in [-0.39, 0.29) is 49.3 Å². The third kappa shape index (κ3) is 11.3. The van der Waals surface area contributed by atoms with Gasteiger partial charge in [-0.3, -0.25) is 4.79 Å². The number of nitrogens with two attached hydrogens (primary N) is 1. The average Bonchev–Trinajstić information content (AvgIpc) is 3.34. The SMILES string of the molecule is C.Nc1cc(OCCO)cc2cc(C(=O)NCC(C=O)SCc3ccccc3)[nH]c12.O.O.S=c1cccc[nH]1. The number of aromatic nitrogens is 2. The second kappa shape index (κ2) is 18.6. The Morgan fingerprint density at radius 2 is 1.85 bits per heavy atom. The molecule has 39 heavy (non-hydrogen) atoms. The first kappa shape index (κ1) is 35.3. The number of aldehydes is 1. The molecular weight excluding hydrogens is 540 g/mol. The number of nitrogens with one attached hydrogen (secondary N) is 3. The zero-order valence-electron chi connectivity index (χ0n) is 20.5. The molecule has 0 fully saturated rings. The summed E-state index contributed by atoms with van der Waals surface area (Å²) in [7, 11) is 0. The molecular formula is C27H36N4O6S2. The van der Waals surface area contributed by atoms with Gasteiger partial charge in [-0.25, -0.2) is 0 Å². The molecule has 0 saturated heterocycles. The summed E-state index contributed by atoms with van der Waals surface area (Å²) < 4.78 is 6.16. The van der Waals surface area contributed by atoms with E-state index in [9.17, 15) is 9.59 Å². The van der Waals surface area contributed by atoms with Crippen LogP contribution in [-0.2, 0) is 10.5 Å². The van der Waals surface area contributed by atoms with E-state index in [0.717, 1.165) is 21.9 Å². The molecule has 0 aliphatic carbocycles. The summed E-state index contributed by atoms with van der Waals surface area (Å²) >= 11 is 6.24. The molecule has 0 spiro atoms. The molecule has 1 atom stereocenters. The first-order valence-electron chi connectivity index (χ1n) is 11.2. The van der Waals surface area contributed by atoms with Crippen LogP contribution in [0.1, 0.15) is 23.5 Å². The Kier molecular flexibility index (Phi) is 16.8. The van der Waals surface area contributed by atoms with Crippen molar-refractivity contribution in [3.8, 4) is 5.75 Å². The van der Waals surface area contributed by atoms with Crippen LogP contribution >= 0.6 is 24.0 Å². The van der Waals surface area contributed by atoms with E-state index in [1.165, 1.54) is 11.8 Å². The molecule has 0 radical (unpaired) electrons. The van der Waals surface area contributed by atoms with Gasteiger partial charge >= 0.3 is 0 Å². The first-order valence-corrected chi connectivity index (χ1v) is 12.6. The predicted molar refractivity (Wildman–Crippen MR) is 161 cm³/mol. The molecule has 1 amide bonds. The van der Waals surface area contributed by atoms with Gasteiger partial charge in [-0.1, -0.05) is 56.0 Å². The molecule has 12 heteroatoms. The molecule has 0 aliphatic rings. The lowest BCUT2D eigenvalue weighted by molar-refractivity contribution is -0.107. The molecule has 4 aromatic rings. The fourth-order valence-electron chi connectivity index (χ4n) is 3.20. The van der Waals surface area contributed by atoms with E-state index in [2.05, 4.69) is 15.3 Å². The molecule has 2 aromatic heterocycles. The number of pyridine rings is 1. The number of aliphatic hydroxyl groups excluding tert-OH is 1. The van der Waals surface area contributed by atoms with E-state index < -0.39 is 0 Å². The quantitative estimate of drug-likeness (QED) is 0.109. The minimum absolute atomic E-state index is 0. The van der Waals surface area contributed by atoms with E-state index in [0.29, 0.717) is 28.4 Å². The molecule has 0 aliphatic heterocycles. The average molecular weight is 577 g/mol. The summed E-state index contributed by atoms with van der Waals surface area (Å²) in [6, 6.07) is 20.6. The van der Waals surface area contributed by atoms with Crippen molar-refractivity contribution in [3.05, 3.63) is 88.8 Å². The third-order valence-electron chi connectivity index (χ3n) is 4.94. The van der Waals surface area contributed by atoms with Gasteiger partial charge in [0.25, 0.3) is 5.91 Å². The number of amides is 1. The maximum atomic E-state index is 12.5. The normalized spacial score (nSPS) is 10.4. The maximum absolute atomic E-state index is 12.5. The number of carbonyl (C=O) groups is 2. The van der Waals surface area contributed by atoms with Crippen molar-refractivity contribution in [2.45, 2.75) is 18.4 Å². The summed E-state index contributed by atoms with van der Waals surface area (Å²) in [5, 5.41) is 12.0. The molecule has 1 unspecified atom stereocenters. The number of nitrogen functional groups attached to an aromatic ring is 1. The van der Waals surface area contributed by atoms with E-state index >= 15 is 0 Å². The number of aliphatic hydroxyl groups is 1. The van der Waals surface area contributed by atoms with Crippen LogP contribution in [0.2, 0.25) is 0 Å². The fourth-order valence-corrected chi connectivity index (χ4v) is 4.23. The van der Waals surface area contributed by atoms with Crippen LogP contribution in [0.15, 0.2) is 72.9 Å². The first-order chi connectivity index (χ1) is 17.5. The smallest absolute Gasteiger partial charge is 0.267 e. The van der Waals surface area contributed by atoms with Crippen LogP contribution in [-0.4, -0.2) is 63.2 Å². The number of anilines is 1. The standard InChI is InChI=1S/C21H23N3O4S.C5H5NS.CH4.2H2O/c22-18-10-16(28-7-6-25)8-15-9-19(24-20(15)18)21(27)23-11-17(12-26)29-13-14-4-2-1-3-5-14;7-5-3-1-2-4-6-5;;;/h1-5,8-10,12,17,24-25H,6-7,11,13,22H2,(H,23,27);1-4H,(H,6,7);1H4;2*1H2. The van der Waals surface area contributed by atoms with Crippen LogP contribution in [0, 0.1) is 4.64 Å². The van der Waals surface area contributed by atoms with Gasteiger partial charge in [0, 0.05) is 29.9 Å². The minimum atomic E-state index is -0.341. The predicted octanol–water partition coefficient (Wildman–Crippen LogP) is 3.08. The lowest BCUT2D eigenvalue weighted by atomic mass is 10.2. The summed E-state index contributed by atoms with van der Waals surface area (Å²) in [6.45, 7) is 0.297. The van der Waals surface area contributed by atoms with Crippen molar-refractivity contribution in [1.29, 1.82) is 0 Å². The Hall–Kier alpha value is -3.68. The largest absolute Gasteiger partial charge is 0.491 e. The molecule has 0 saturated carbocycles. The van der Waals surface area contributed by atoms with Crippen molar-refractivity contribution in [2.24, 2.45) is 0 Å². The monoisotopic (exact) mass is 576 g/mol. The third-order valence-corrected chi connectivity index (χ3v) is 6.40. The van der Waals surface area contributed by atoms with Gasteiger partial charge < -0.3 is 46.6 Å². The number of H-pyrrole nitrogens is 2. The van der Waals surface area contributed by atoms with E-state index in [4.69, 9.17) is 27.8 Å². The Bertz CT molecular complexity index is 1310. The van der Waals surface area contributed by atoms with Crippen LogP contribution < -0.4 is 15.8 Å². The van der Waals surface area contributed by atoms with Gasteiger partial charge in [-0.2, -0.15) is 0 Å². The summed E-state index contributed by atoms with van der Waals surface area (Å²) in [4.78, 5) is 29.7. The number of aromatic amines is 2. The highest BCUT2D eigenvalue weighted by molar-refractivity contribution is 7.99. The number of fused-ring (bicyclic) bond motifs is 1. The van der Waals surface area contributed by atoms with Crippen molar-refractivity contribution in [3.63, 3.8) is 0 Å². The highest BCUT2D eigenvalue weighted by atomic mass is 32.2. The van der Waals surface area contributed by atoms with Crippen molar-refractivity contribution in [2.75, 3.05) is 25.5 Å². The second-order valence-electron chi connectivity index (χ2n) is 7.64. The highest BCUT2D eigenvalue weighted by Crippen LogP contribution is 2.28. The molecule has 10 N–H and O–H groups in total. The van der Waals surface area contributed by atoms with Crippen molar-refractivity contribution < 1.29 is 30.4 Å². The molecule has 4 rings (SSSR count). The van der Waals surface area contributed by atoms with Crippen molar-refractivity contribution >= 4 is 52.8 Å². The highest BCUT2D eigenvalue weighted by Gasteiger charge is 2.15. The zero-order valence-corrected chi connectivity index (χ0v) is 22.1. The van der Waals surface area contributed by atoms with Gasteiger partial charge in [0.1, 0.15) is 29.0 Å².